The molecule has 0 amide bonds. The molecule has 134 valence electrons. The molecule has 0 aliphatic rings. The highest BCUT2D eigenvalue weighted by atomic mass is 16.5. The summed E-state index contributed by atoms with van der Waals surface area (Å²) in [5, 5.41) is 9.27. The van der Waals surface area contributed by atoms with E-state index in [0.29, 0.717) is 30.4 Å². The van der Waals surface area contributed by atoms with Crippen LogP contribution in [-0.4, -0.2) is 33.3 Å². The van der Waals surface area contributed by atoms with Crippen molar-refractivity contribution in [2.75, 3.05) is 6.61 Å². The summed E-state index contributed by atoms with van der Waals surface area (Å²) in [5.74, 6) is 0.735. The molecule has 25 heavy (non-hydrogen) atoms. The molecular weight excluding hydrogens is 320 g/mol. The molecular formula is C19H24N2O4. The first kappa shape index (κ1) is 18.7. The van der Waals surface area contributed by atoms with Crippen LogP contribution in [0.3, 0.4) is 0 Å². The number of hydrogen-bond acceptors (Lipinski definition) is 5. The molecule has 0 bridgehead atoms. The van der Waals surface area contributed by atoms with E-state index in [0.717, 1.165) is 18.4 Å². The zero-order valence-corrected chi connectivity index (χ0v) is 14.9. The van der Waals surface area contributed by atoms with E-state index < -0.39 is 11.6 Å². The van der Waals surface area contributed by atoms with Crippen LogP contribution in [0.2, 0.25) is 0 Å². The molecule has 2 rings (SSSR count). The first-order valence-corrected chi connectivity index (χ1v) is 8.46. The zero-order valence-electron chi connectivity index (χ0n) is 14.9. The van der Waals surface area contributed by atoms with E-state index in [1.807, 2.05) is 0 Å². The van der Waals surface area contributed by atoms with Crippen LogP contribution >= 0.6 is 0 Å². The smallest absolute Gasteiger partial charge is 0.347 e. The van der Waals surface area contributed by atoms with Crippen molar-refractivity contribution < 1.29 is 19.4 Å². The third-order valence-corrected chi connectivity index (χ3v) is 3.98. The summed E-state index contributed by atoms with van der Waals surface area (Å²) in [5.41, 5.74) is -0.420. The van der Waals surface area contributed by atoms with Gasteiger partial charge < -0.3 is 14.6 Å². The molecule has 0 saturated carbocycles. The van der Waals surface area contributed by atoms with Gasteiger partial charge in [-0.1, -0.05) is 20.3 Å². The Kier molecular flexibility index (Phi) is 6.33. The number of nitrogens with zero attached hydrogens (tertiary/aromatic N) is 2. The lowest BCUT2D eigenvalue weighted by molar-refractivity contribution is -0.154. The topological polar surface area (TPSA) is 81.5 Å². The van der Waals surface area contributed by atoms with E-state index in [1.54, 1.807) is 50.5 Å². The van der Waals surface area contributed by atoms with Gasteiger partial charge in [-0.3, -0.25) is 0 Å². The third-order valence-electron chi connectivity index (χ3n) is 3.98. The van der Waals surface area contributed by atoms with Gasteiger partial charge in [0.15, 0.2) is 11.6 Å². The first-order valence-electron chi connectivity index (χ1n) is 8.46. The Morgan fingerprint density at radius 3 is 2.28 bits per heavy atom. The Hall–Kier alpha value is -2.63. The molecule has 0 spiro atoms. The number of hydrogen-bond donors (Lipinski definition) is 1. The lowest BCUT2D eigenvalue weighted by Gasteiger charge is -2.24. The number of aromatic nitrogens is 2. The van der Waals surface area contributed by atoms with Crippen molar-refractivity contribution in [1.82, 2.24) is 9.97 Å². The molecule has 6 nitrogen and oxygen atoms in total. The fourth-order valence-corrected chi connectivity index (χ4v) is 2.07. The van der Waals surface area contributed by atoms with E-state index in [4.69, 9.17) is 9.47 Å². The molecule has 1 heterocycles. The first-order chi connectivity index (χ1) is 12.0. The summed E-state index contributed by atoms with van der Waals surface area (Å²) in [7, 11) is 0. The maximum absolute atomic E-state index is 11.3. The van der Waals surface area contributed by atoms with Crippen LogP contribution in [0.1, 0.15) is 40.0 Å². The van der Waals surface area contributed by atoms with Crippen molar-refractivity contribution in [3.63, 3.8) is 0 Å². The van der Waals surface area contributed by atoms with Crippen LogP contribution < -0.4 is 9.47 Å². The maximum Gasteiger partial charge on any atom is 0.347 e. The van der Waals surface area contributed by atoms with Gasteiger partial charge in [0.05, 0.1) is 19.0 Å². The molecule has 1 N–H and O–H groups in total. The standard InChI is InChI=1S/C19H24N2O4/c1-4-6-11-24-16-12-20-17(21-13-16)14-7-9-15(10-8-14)25-19(3,5-2)18(22)23/h7-10,12-13H,4-6,11H2,1-3H3,(H,22,23). The lowest BCUT2D eigenvalue weighted by atomic mass is 10.0. The zero-order chi connectivity index (χ0) is 18.3. The number of carboxylic acid groups (broad SMARTS) is 1. The second-order valence-electron chi connectivity index (χ2n) is 5.96. The molecule has 0 saturated heterocycles. The minimum atomic E-state index is -1.24. The molecule has 0 radical (unpaired) electrons. The maximum atomic E-state index is 11.3. The predicted octanol–water partition coefficient (Wildman–Crippen LogP) is 3.95. The number of aliphatic carboxylic acids is 1. The summed E-state index contributed by atoms with van der Waals surface area (Å²) >= 11 is 0. The largest absolute Gasteiger partial charge is 0.490 e. The molecule has 1 atom stereocenters. The second kappa shape index (κ2) is 8.46. The van der Waals surface area contributed by atoms with Gasteiger partial charge in [0.25, 0.3) is 0 Å². The van der Waals surface area contributed by atoms with Crippen LogP contribution in [0, 0.1) is 0 Å². The summed E-state index contributed by atoms with van der Waals surface area (Å²) < 4.78 is 11.2. The Labute approximate surface area is 147 Å². The fraction of sp³-hybridized carbons (Fsp3) is 0.421. The molecule has 0 aliphatic carbocycles. The normalized spacial score (nSPS) is 13.1. The van der Waals surface area contributed by atoms with Crippen LogP contribution in [0.5, 0.6) is 11.5 Å². The molecule has 0 aliphatic heterocycles. The van der Waals surface area contributed by atoms with Gasteiger partial charge in [0, 0.05) is 5.56 Å². The Morgan fingerprint density at radius 1 is 1.12 bits per heavy atom. The van der Waals surface area contributed by atoms with Crippen molar-refractivity contribution in [2.24, 2.45) is 0 Å². The SMILES string of the molecule is CCCCOc1cnc(-c2ccc(OC(C)(CC)C(=O)O)cc2)nc1. The van der Waals surface area contributed by atoms with Crippen LogP contribution in [0.15, 0.2) is 36.7 Å². The fourth-order valence-electron chi connectivity index (χ4n) is 2.07. The van der Waals surface area contributed by atoms with E-state index in [1.165, 1.54) is 0 Å². The highest BCUT2D eigenvalue weighted by Gasteiger charge is 2.33. The highest BCUT2D eigenvalue weighted by Crippen LogP contribution is 2.25. The van der Waals surface area contributed by atoms with Crippen LogP contribution in [0.4, 0.5) is 0 Å². The van der Waals surface area contributed by atoms with Gasteiger partial charge >= 0.3 is 5.97 Å². The number of benzene rings is 1. The molecule has 0 fully saturated rings. The van der Waals surface area contributed by atoms with Gasteiger partial charge in [-0.2, -0.15) is 0 Å². The Balaban J connectivity index is 2.05. The lowest BCUT2D eigenvalue weighted by Crippen LogP contribution is -2.40. The van der Waals surface area contributed by atoms with Gasteiger partial charge in [0.2, 0.25) is 5.60 Å². The summed E-state index contributed by atoms with van der Waals surface area (Å²) in [4.78, 5) is 19.9. The second-order valence-corrected chi connectivity index (χ2v) is 5.96. The summed E-state index contributed by atoms with van der Waals surface area (Å²) in [6.45, 7) is 6.10. The number of carboxylic acids is 1. The average Bonchev–Trinajstić information content (AvgIpc) is 2.63. The van der Waals surface area contributed by atoms with Crippen molar-refractivity contribution in [3.05, 3.63) is 36.7 Å². The monoisotopic (exact) mass is 344 g/mol. The third kappa shape index (κ3) is 4.92. The summed E-state index contributed by atoms with van der Waals surface area (Å²) in [6, 6.07) is 7.06. The van der Waals surface area contributed by atoms with Gasteiger partial charge in [0.1, 0.15) is 5.75 Å². The minimum absolute atomic E-state index is 0.368. The molecule has 1 aromatic carbocycles. The quantitative estimate of drug-likeness (QED) is 0.694. The molecule has 2 aromatic rings. The van der Waals surface area contributed by atoms with Crippen molar-refractivity contribution in [1.29, 1.82) is 0 Å². The van der Waals surface area contributed by atoms with Crippen LogP contribution in [-0.2, 0) is 4.79 Å². The number of rotatable bonds is 9. The number of ether oxygens (including phenoxy) is 2. The molecule has 6 heteroatoms. The Bertz CT molecular complexity index is 686. The van der Waals surface area contributed by atoms with Crippen molar-refractivity contribution in [2.45, 2.75) is 45.6 Å². The van der Waals surface area contributed by atoms with Crippen molar-refractivity contribution in [3.8, 4) is 22.9 Å². The molecule has 1 unspecified atom stereocenters. The number of unbranched alkanes of at least 4 members (excludes halogenated alkanes) is 1. The Morgan fingerprint density at radius 2 is 1.76 bits per heavy atom. The molecule has 1 aromatic heterocycles. The van der Waals surface area contributed by atoms with Crippen molar-refractivity contribution >= 4 is 5.97 Å². The van der Waals surface area contributed by atoms with Gasteiger partial charge in [-0.25, -0.2) is 14.8 Å². The van der Waals surface area contributed by atoms with Crippen LogP contribution in [0.25, 0.3) is 11.4 Å². The predicted molar refractivity (Wildman–Crippen MR) is 94.8 cm³/mol. The van der Waals surface area contributed by atoms with E-state index in [2.05, 4.69) is 16.9 Å². The van der Waals surface area contributed by atoms with Gasteiger partial charge in [-0.15, -0.1) is 0 Å². The van der Waals surface area contributed by atoms with E-state index >= 15 is 0 Å². The average molecular weight is 344 g/mol. The minimum Gasteiger partial charge on any atom is -0.490 e. The van der Waals surface area contributed by atoms with E-state index in [9.17, 15) is 9.90 Å². The summed E-state index contributed by atoms with van der Waals surface area (Å²) in [6.07, 6.45) is 5.75. The number of carbonyl (C=O) groups is 1. The van der Waals surface area contributed by atoms with E-state index in [-0.39, 0.29) is 0 Å². The highest BCUT2D eigenvalue weighted by molar-refractivity contribution is 5.77. The van der Waals surface area contributed by atoms with Gasteiger partial charge in [-0.05, 0) is 44.0 Å².